The second kappa shape index (κ2) is 4.19. The standard InChI is InChI=1S/C8H10NO3P/c1-11-6-4-8(13)7(12-2)3-5(6)9-10/h3-4H,13H2,1-2H3. The number of methoxy groups -OCH3 is 2. The topological polar surface area (TPSA) is 47.9 Å². The lowest BCUT2D eigenvalue weighted by Crippen LogP contribution is -1.99. The third kappa shape index (κ3) is 1.95. The molecule has 0 saturated carbocycles. The molecule has 0 aromatic heterocycles. The van der Waals surface area contributed by atoms with E-state index in [1.807, 2.05) is 0 Å². The van der Waals surface area contributed by atoms with Crippen LogP contribution >= 0.6 is 9.24 Å². The number of nitroso groups, excluding NO2 is 1. The lowest BCUT2D eigenvalue weighted by atomic mass is 10.3. The van der Waals surface area contributed by atoms with Gasteiger partial charge in [0.2, 0.25) is 0 Å². The first-order valence-electron chi connectivity index (χ1n) is 3.57. The van der Waals surface area contributed by atoms with Crippen LogP contribution in [-0.2, 0) is 0 Å². The Morgan fingerprint density at radius 2 is 1.85 bits per heavy atom. The van der Waals surface area contributed by atoms with E-state index in [0.29, 0.717) is 11.5 Å². The quantitative estimate of drug-likeness (QED) is 0.548. The fourth-order valence-electron chi connectivity index (χ4n) is 0.977. The summed E-state index contributed by atoms with van der Waals surface area (Å²) in [6.07, 6.45) is 0. The second-order valence-electron chi connectivity index (χ2n) is 2.36. The molecule has 0 radical (unpaired) electrons. The van der Waals surface area contributed by atoms with Crippen molar-refractivity contribution in [2.45, 2.75) is 0 Å². The maximum Gasteiger partial charge on any atom is 0.153 e. The van der Waals surface area contributed by atoms with Gasteiger partial charge in [0, 0.05) is 11.4 Å². The van der Waals surface area contributed by atoms with Gasteiger partial charge < -0.3 is 9.47 Å². The molecule has 5 heteroatoms. The molecule has 0 amide bonds. The monoisotopic (exact) mass is 199 g/mol. The molecule has 0 saturated heterocycles. The third-order valence-corrected chi connectivity index (χ3v) is 2.08. The van der Waals surface area contributed by atoms with Crippen LogP contribution < -0.4 is 14.8 Å². The number of hydrogen-bond acceptors (Lipinski definition) is 4. The van der Waals surface area contributed by atoms with Crippen LogP contribution in [0.4, 0.5) is 5.69 Å². The van der Waals surface area contributed by atoms with Gasteiger partial charge in [0.1, 0.15) is 11.5 Å². The average Bonchev–Trinajstić information content (AvgIpc) is 2.17. The molecule has 1 aromatic rings. The van der Waals surface area contributed by atoms with Gasteiger partial charge in [-0.1, -0.05) is 0 Å². The van der Waals surface area contributed by atoms with Gasteiger partial charge in [0.15, 0.2) is 5.69 Å². The highest BCUT2D eigenvalue weighted by Gasteiger charge is 2.08. The SMILES string of the molecule is COc1cc(N=O)c(OC)cc1P. The molecule has 0 aliphatic heterocycles. The summed E-state index contributed by atoms with van der Waals surface area (Å²) >= 11 is 0. The van der Waals surface area contributed by atoms with Crippen LogP contribution in [0.15, 0.2) is 17.3 Å². The molecule has 0 heterocycles. The zero-order valence-electron chi connectivity index (χ0n) is 7.40. The third-order valence-electron chi connectivity index (χ3n) is 1.63. The van der Waals surface area contributed by atoms with Crippen molar-refractivity contribution in [2.24, 2.45) is 5.18 Å². The van der Waals surface area contributed by atoms with Gasteiger partial charge in [-0.25, -0.2) is 0 Å². The first-order chi connectivity index (χ1) is 6.22. The Morgan fingerprint density at radius 1 is 1.23 bits per heavy atom. The molecule has 0 aliphatic rings. The van der Waals surface area contributed by atoms with Crippen LogP contribution in [0.3, 0.4) is 0 Å². The summed E-state index contributed by atoms with van der Waals surface area (Å²) in [6, 6.07) is 3.22. The van der Waals surface area contributed by atoms with Crippen molar-refractivity contribution in [3.8, 4) is 11.5 Å². The molecule has 1 atom stereocenters. The zero-order valence-corrected chi connectivity index (χ0v) is 8.56. The number of hydrogen-bond donors (Lipinski definition) is 0. The minimum absolute atomic E-state index is 0.241. The van der Waals surface area contributed by atoms with Gasteiger partial charge in [0.05, 0.1) is 14.2 Å². The maximum absolute atomic E-state index is 10.4. The number of benzene rings is 1. The minimum atomic E-state index is 0.241. The summed E-state index contributed by atoms with van der Waals surface area (Å²) in [7, 11) is 5.51. The van der Waals surface area contributed by atoms with Gasteiger partial charge in [-0.2, -0.15) is 0 Å². The van der Waals surface area contributed by atoms with Crippen molar-refractivity contribution in [3.05, 3.63) is 17.0 Å². The Hall–Kier alpha value is -1.15. The van der Waals surface area contributed by atoms with E-state index in [-0.39, 0.29) is 5.69 Å². The second-order valence-corrected chi connectivity index (χ2v) is 2.98. The van der Waals surface area contributed by atoms with Crippen molar-refractivity contribution >= 4 is 20.2 Å². The summed E-state index contributed by atoms with van der Waals surface area (Å²) in [5.74, 6) is 1.04. The predicted octanol–water partition coefficient (Wildman–Crippen LogP) is 1.60. The summed E-state index contributed by atoms with van der Waals surface area (Å²) < 4.78 is 9.97. The predicted molar refractivity (Wildman–Crippen MR) is 54.3 cm³/mol. The number of nitrogens with zero attached hydrogens (tertiary/aromatic N) is 1. The summed E-state index contributed by atoms with van der Waals surface area (Å²) in [5, 5.41) is 3.65. The van der Waals surface area contributed by atoms with Gasteiger partial charge in [-0.05, 0) is 11.2 Å². The lowest BCUT2D eigenvalue weighted by molar-refractivity contribution is 0.407. The van der Waals surface area contributed by atoms with E-state index >= 15 is 0 Å². The van der Waals surface area contributed by atoms with Crippen molar-refractivity contribution in [1.82, 2.24) is 0 Å². The fraction of sp³-hybridized carbons (Fsp3) is 0.250. The Kier molecular flexibility index (Phi) is 3.20. The van der Waals surface area contributed by atoms with Crippen molar-refractivity contribution in [3.63, 3.8) is 0 Å². The highest BCUT2D eigenvalue weighted by molar-refractivity contribution is 7.27. The van der Waals surface area contributed by atoms with E-state index in [4.69, 9.17) is 9.47 Å². The van der Waals surface area contributed by atoms with Crippen molar-refractivity contribution in [2.75, 3.05) is 14.2 Å². The Labute approximate surface area is 78.4 Å². The van der Waals surface area contributed by atoms with Crippen LogP contribution in [0.2, 0.25) is 0 Å². The van der Waals surface area contributed by atoms with Crippen LogP contribution in [0.1, 0.15) is 0 Å². The molecule has 0 fully saturated rings. The molecular weight excluding hydrogens is 189 g/mol. The van der Waals surface area contributed by atoms with Crippen LogP contribution in [0.5, 0.6) is 11.5 Å². The normalized spacial score (nSPS) is 9.46. The Morgan fingerprint density at radius 3 is 2.31 bits per heavy atom. The molecule has 1 aromatic carbocycles. The maximum atomic E-state index is 10.4. The minimum Gasteiger partial charge on any atom is -0.496 e. The van der Waals surface area contributed by atoms with E-state index in [9.17, 15) is 4.91 Å². The van der Waals surface area contributed by atoms with E-state index < -0.39 is 0 Å². The molecule has 0 bridgehead atoms. The van der Waals surface area contributed by atoms with Crippen molar-refractivity contribution in [1.29, 1.82) is 0 Å². The van der Waals surface area contributed by atoms with Gasteiger partial charge >= 0.3 is 0 Å². The summed E-state index contributed by atoms with van der Waals surface area (Å²) in [5.41, 5.74) is 0.241. The highest BCUT2D eigenvalue weighted by atomic mass is 31.0. The van der Waals surface area contributed by atoms with Gasteiger partial charge in [0.25, 0.3) is 0 Å². The number of rotatable bonds is 3. The Bertz CT molecular complexity index is 327. The molecule has 0 N–H and O–H groups in total. The lowest BCUT2D eigenvalue weighted by Gasteiger charge is -2.07. The summed E-state index contributed by atoms with van der Waals surface area (Å²) in [4.78, 5) is 10.4. The van der Waals surface area contributed by atoms with E-state index in [1.54, 1.807) is 6.07 Å². The molecule has 70 valence electrons. The fourth-order valence-corrected chi connectivity index (χ4v) is 1.33. The first-order valence-corrected chi connectivity index (χ1v) is 4.15. The molecule has 1 rings (SSSR count). The van der Waals surface area contributed by atoms with Gasteiger partial charge in [-0.3, -0.25) is 0 Å². The van der Waals surface area contributed by atoms with E-state index in [2.05, 4.69) is 14.4 Å². The first kappa shape index (κ1) is 9.93. The average molecular weight is 199 g/mol. The largest absolute Gasteiger partial charge is 0.496 e. The number of ether oxygens (including phenoxy) is 2. The van der Waals surface area contributed by atoms with Gasteiger partial charge in [-0.15, -0.1) is 14.1 Å². The zero-order chi connectivity index (χ0) is 9.84. The molecule has 13 heavy (non-hydrogen) atoms. The van der Waals surface area contributed by atoms with Crippen LogP contribution in [0, 0.1) is 4.91 Å². The molecule has 1 unspecified atom stereocenters. The Balaban J connectivity index is 3.26. The summed E-state index contributed by atoms with van der Waals surface area (Å²) in [6.45, 7) is 0. The molecule has 0 spiro atoms. The van der Waals surface area contributed by atoms with E-state index in [1.165, 1.54) is 20.3 Å². The smallest absolute Gasteiger partial charge is 0.153 e. The molecular formula is C8H10NO3P. The molecule has 0 aliphatic carbocycles. The van der Waals surface area contributed by atoms with Crippen LogP contribution in [-0.4, -0.2) is 14.2 Å². The highest BCUT2D eigenvalue weighted by Crippen LogP contribution is 2.30. The van der Waals surface area contributed by atoms with E-state index in [0.717, 1.165) is 5.30 Å². The van der Waals surface area contributed by atoms with Crippen LogP contribution in [0.25, 0.3) is 0 Å². The van der Waals surface area contributed by atoms with Crippen molar-refractivity contribution < 1.29 is 9.47 Å². The molecule has 4 nitrogen and oxygen atoms in total.